The number of aromatic nitrogens is 2. The van der Waals surface area contributed by atoms with Crippen molar-refractivity contribution in [2.75, 3.05) is 24.2 Å². The summed E-state index contributed by atoms with van der Waals surface area (Å²) in [6.07, 6.45) is 0. The van der Waals surface area contributed by atoms with Crippen LogP contribution >= 0.6 is 22.9 Å². The maximum absolute atomic E-state index is 5.98. The monoisotopic (exact) mass is 312 g/mol. The van der Waals surface area contributed by atoms with E-state index in [-0.39, 0.29) is 5.60 Å². The van der Waals surface area contributed by atoms with Crippen LogP contribution < -0.4 is 11.1 Å². The zero-order chi connectivity index (χ0) is 14.8. The summed E-state index contributed by atoms with van der Waals surface area (Å²) in [4.78, 5) is 4.49. The lowest BCUT2D eigenvalue weighted by molar-refractivity contribution is 0.000754. The van der Waals surface area contributed by atoms with Crippen molar-refractivity contribution < 1.29 is 4.74 Å². The molecule has 0 saturated carbocycles. The molecule has 2 heterocycles. The molecule has 110 valence electrons. The topological polar surface area (TPSA) is 73.1 Å². The first-order chi connectivity index (χ1) is 9.43. The second-order valence-corrected chi connectivity index (χ2v) is 6.74. The number of nitrogens with zero attached hydrogens (tertiary/aromatic N) is 2. The Labute approximate surface area is 127 Å². The van der Waals surface area contributed by atoms with Gasteiger partial charge in [0.15, 0.2) is 0 Å². The Kier molecular flexibility index (Phi) is 4.62. The first kappa shape index (κ1) is 15.2. The largest absolute Gasteiger partial charge is 0.382 e. The van der Waals surface area contributed by atoms with Crippen molar-refractivity contribution in [2.45, 2.75) is 33.3 Å². The van der Waals surface area contributed by atoms with Crippen molar-refractivity contribution in [2.24, 2.45) is 0 Å². The van der Waals surface area contributed by atoms with Gasteiger partial charge in [0.1, 0.15) is 15.8 Å². The fourth-order valence-corrected chi connectivity index (χ4v) is 3.46. The van der Waals surface area contributed by atoms with Gasteiger partial charge in [0.25, 0.3) is 0 Å². The standard InChI is InChI=1S/C13H20N4OS2/c1-5-18-13(3,4)7-15-11-9(10(14)17-20-11)12-16-8(2)6-19-12/h6,15H,5,7H2,1-4H3,(H2,14,17). The summed E-state index contributed by atoms with van der Waals surface area (Å²) in [6.45, 7) is 9.47. The third-order valence-electron chi connectivity index (χ3n) is 2.76. The fourth-order valence-electron chi connectivity index (χ4n) is 1.83. The van der Waals surface area contributed by atoms with Crippen molar-refractivity contribution in [3.8, 4) is 10.6 Å². The van der Waals surface area contributed by atoms with Gasteiger partial charge in [-0.15, -0.1) is 11.3 Å². The van der Waals surface area contributed by atoms with Crippen molar-refractivity contribution in [3.63, 3.8) is 0 Å². The summed E-state index contributed by atoms with van der Waals surface area (Å²) >= 11 is 2.95. The Morgan fingerprint density at radius 3 is 2.80 bits per heavy atom. The molecule has 5 nitrogen and oxygen atoms in total. The third-order valence-corrected chi connectivity index (χ3v) is 4.56. The van der Waals surface area contributed by atoms with E-state index in [9.17, 15) is 0 Å². The Balaban J connectivity index is 2.18. The van der Waals surface area contributed by atoms with Gasteiger partial charge >= 0.3 is 0 Å². The molecule has 0 bridgehead atoms. The van der Waals surface area contributed by atoms with E-state index < -0.39 is 0 Å². The van der Waals surface area contributed by atoms with Crippen molar-refractivity contribution >= 4 is 33.7 Å². The number of nitrogens with one attached hydrogen (secondary N) is 1. The Morgan fingerprint density at radius 2 is 2.20 bits per heavy atom. The average molecular weight is 312 g/mol. The number of hydrogen-bond donors (Lipinski definition) is 2. The molecule has 0 atom stereocenters. The predicted octanol–water partition coefficient (Wildman–Crippen LogP) is 3.38. The lowest BCUT2D eigenvalue weighted by Crippen LogP contribution is -2.33. The molecule has 2 aromatic rings. The minimum atomic E-state index is -0.233. The second-order valence-electron chi connectivity index (χ2n) is 5.11. The van der Waals surface area contributed by atoms with Gasteiger partial charge in [-0.25, -0.2) is 4.98 Å². The molecule has 0 amide bonds. The van der Waals surface area contributed by atoms with Crippen LogP contribution in [0.5, 0.6) is 0 Å². The van der Waals surface area contributed by atoms with E-state index in [0.717, 1.165) is 21.3 Å². The van der Waals surface area contributed by atoms with Gasteiger partial charge in [-0.3, -0.25) is 0 Å². The SMILES string of the molecule is CCOC(C)(C)CNc1snc(N)c1-c1nc(C)cs1. The van der Waals surface area contributed by atoms with Gasteiger partial charge in [0.2, 0.25) is 0 Å². The fraction of sp³-hybridized carbons (Fsp3) is 0.538. The average Bonchev–Trinajstić information content (AvgIpc) is 2.93. The van der Waals surface area contributed by atoms with Crippen molar-refractivity contribution in [1.82, 2.24) is 9.36 Å². The van der Waals surface area contributed by atoms with Gasteiger partial charge in [-0.05, 0) is 39.2 Å². The number of rotatable bonds is 6. The molecule has 2 rings (SSSR count). The molecule has 0 aliphatic rings. The van der Waals surface area contributed by atoms with Gasteiger partial charge < -0.3 is 15.8 Å². The number of thiazole rings is 1. The normalized spacial score (nSPS) is 11.8. The zero-order valence-corrected chi connectivity index (χ0v) is 13.8. The number of nitrogens with two attached hydrogens (primary N) is 1. The number of ether oxygens (including phenoxy) is 1. The van der Waals surface area contributed by atoms with Crippen LogP contribution in [-0.2, 0) is 4.74 Å². The summed E-state index contributed by atoms with van der Waals surface area (Å²) in [6, 6.07) is 0. The smallest absolute Gasteiger partial charge is 0.149 e. The van der Waals surface area contributed by atoms with Gasteiger partial charge in [0, 0.05) is 24.2 Å². The van der Waals surface area contributed by atoms with Gasteiger partial charge in [0.05, 0.1) is 11.2 Å². The molecule has 0 saturated heterocycles. The molecule has 0 spiro atoms. The van der Waals surface area contributed by atoms with E-state index in [1.807, 2.05) is 19.2 Å². The molecule has 0 aliphatic carbocycles. The molecule has 0 unspecified atom stereocenters. The summed E-state index contributed by atoms with van der Waals surface area (Å²) < 4.78 is 9.92. The molecule has 7 heteroatoms. The number of nitrogen functional groups attached to an aromatic ring is 1. The van der Waals surface area contributed by atoms with E-state index in [1.165, 1.54) is 11.5 Å². The molecule has 2 aromatic heterocycles. The second kappa shape index (κ2) is 6.07. The van der Waals surface area contributed by atoms with E-state index in [1.54, 1.807) is 11.3 Å². The summed E-state index contributed by atoms with van der Waals surface area (Å²) in [5, 5.41) is 7.26. The van der Waals surface area contributed by atoms with Crippen molar-refractivity contribution in [1.29, 1.82) is 0 Å². The van der Waals surface area contributed by atoms with E-state index in [2.05, 4.69) is 28.5 Å². The Morgan fingerprint density at radius 1 is 1.45 bits per heavy atom. The maximum atomic E-state index is 5.98. The summed E-state index contributed by atoms with van der Waals surface area (Å²) in [5.74, 6) is 0.529. The molecule has 0 radical (unpaired) electrons. The minimum Gasteiger partial charge on any atom is -0.382 e. The van der Waals surface area contributed by atoms with Crippen LogP contribution in [0.1, 0.15) is 26.5 Å². The number of anilines is 2. The molecule has 20 heavy (non-hydrogen) atoms. The van der Waals surface area contributed by atoms with E-state index in [4.69, 9.17) is 10.5 Å². The highest BCUT2D eigenvalue weighted by Gasteiger charge is 2.21. The molecule has 0 aliphatic heterocycles. The molecule has 0 fully saturated rings. The highest BCUT2D eigenvalue weighted by Crippen LogP contribution is 2.38. The van der Waals surface area contributed by atoms with E-state index in [0.29, 0.717) is 19.0 Å². The number of aryl methyl sites for hydroxylation is 1. The van der Waals surface area contributed by atoms with Crippen LogP contribution in [0.2, 0.25) is 0 Å². The van der Waals surface area contributed by atoms with Crippen LogP contribution in [-0.4, -0.2) is 28.1 Å². The third kappa shape index (κ3) is 3.47. The molecular formula is C13H20N4OS2. The lowest BCUT2D eigenvalue weighted by Gasteiger charge is -2.25. The summed E-state index contributed by atoms with van der Waals surface area (Å²) in [7, 11) is 0. The minimum absolute atomic E-state index is 0.233. The first-order valence-electron chi connectivity index (χ1n) is 6.48. The first-order valence-corrected chi connectivity index (χ1v) is 8.13. The van der Waals surface area contributed by atoms with Gasteiger partial charge in [-0.1, -0.05) is 0 Å². The zero-order valence-electron chi connectivity index (χ0n) is 12.2. The summed E-state index contributed by atoms with van der Waals surface area (Å²) in [5.41, 5.74) is 7.64. The van der Waals surface area contributed by atoms with Gasteiger partial charge in [-0.2, -0.15) is 4.37 Å². The molecule has 0 aromatic carbocycles. The van der Waals surface area contributed by atoms with Crippen LogP contribution in [0.25, 0.3) is 10.6 Å². The van der Waals surface area contributed by atoms with Crippen LogP contribution in [0.15, 0.2) is 5.38 Å². The Hall–Kier alpha value is -1.18. The van der Waals surface area contributed by atoms with Crippen LogP contribution in [0, 0.1) is 6.92 Å². The van der Waals surface area contributed by atoms with Crippen molar-refractivity contribution in [3.05, 3.63) is 11.1 Å². The maximum Gasteiger partial charge on any atom is 0.149 e. The lowest BCUT2D eigenvalue weighted by atomic mass is 10.1. The predicted molar refractivity (Wildman–Crippen MR) is 86.6 cm³/mol. The Bertz CT molecular complexity index is 577. The van der Waals surface area contributed by atoms with E-state index >= 15 is 0 Å². The number of hydrogen-bond acceptors (Lipinski definition) is 7. The highest BCUT2D eigenvalue weighted by atomic mass is 32.1. The van der Waals surface area contributed by atoms with Crippen LogP contribution in [0.3, 0.4) is 0 Å². The highest BCUT2D eigenvalue weighted by molar-refractivity contribution is 7.15. The quantitative estimate of drug-likeness (QED) is 0.855. The van der Waals surface area contributed by atoms with Crippen LogP contribution in [0.4, 0.5) is 10.8 Å². The molecule has 3 N–H and O–H groups in total. The molecular weight excluding hydrogens is 292 g/mol.